The van der Waals surface area contributed by atoms with Crippen molar-refractivity contribution < 1.29 is 9.00 Å². The van der Waals surface area contributed by atoms with Gasteiger partial charge in [0.1, 0.15) is 16.7 Å². The molecule has 0 radical (unpaired) electrons. The Bertz CT molecular complexity index is 641. The van der Waals surface area contributed by atoms with Crippen molar-refractivity contribution in [1.82, 2.24) is 15.3 Å². The number of rotatable bonds is 5. The molecule has 1 aromatic heterocycles. The number of amides is 1. The first kappa shape index (κ1) is 15.3. The van der Waals surface area contributed by atoms with E-state index in [9.17, 15) is 9.00 Å². The van der Waals surface area contributed by atoms with Crippen molar-refractivity contribution in [1.29, 1.82) is 0 Å². The van der Waals surface area contributed by atoms with Crippen LogP contribution in [0.3, 0.4) is 0 Å². The molecule has 0 spiro atoms. The van der Waals surface area contributed by atoms with Crippen molar-refractivity contribution in [3.8, 4) is 0 Å². The summed E-state index contributed by atoms with van der Waals surface area (Å²) in [5, 5.41) is 8.06. The molecule has 0 aliphatic rings. The summed E-state index contributed by atoms with van der Waals surface area (Å²) >= 11 is 0. The molecule has 1 unspecified atom stereocenters. The van der Waals surface area contributed by atoms with Crippen LogP contribution in [0.1, 0.15) is 21.7 Å². The van der Waals surface area contributed by atoms with Gasteiger partial charge < -0.3 is 5.32 Å². The Morgan fingerprint density at radius 2 is 1.95 bits per heavy atom. The Balaban J connectivity index is 1.85. The Morgan fingerprint density at radius 3 is 2.52 bits per heavy atom. The van der Waals surface area contributed by atoms with Gasteiger partial charge in [0, 0.05) is 12.7 Å². The zero-order valence-electron chi connectivity index (χ0n) is 11.6. The highest BCUT2D eigenvalue weighted by atomic mass is 32.2. The molecule has 2 rings (SSSR count). The number of hydrogen-bond acceptors (Lipinski definition) is 4. The maximum absolute atomic E-state index is 11.8. The van der Waals surface area contributed by atoms with Gasteiger partial charge >= 0.3 is 0 Å². The largest absolute Gasteiger partial charge is 0.350 e. The van der Waals surface area contributed by atoms with E-state index in [2.05, 4.69) is 15.3 Å². The number of aryl methyl sites for hydroxylation is 1. The summed E-state index contributed by atoms with van der Waals surface area (Å²) in [5.41, 5.74) is 2.10. The Morgan fingerprint density at radius 1 is 1.24 bits per heavy atom. The first-order valence-corrected chi connectivity index (χ1v) is 7.59. The highest BCUT2D eigenvalue weighted by Crippen LogP contribution is 2.06. The predicted octanol–water partition coefficient (Wildman–Crippen LogP) is 0.739. The molecule has 6 nitrogen and oxygen atoms in total. The Hall–Kier alpha value is -2.12. The molecular formula is C14H16N4O2S. The van der Waals surface area contributed by atoms with E-state index in [1.165, 1.54) is 6.20 Å². The minimum atomic E-state index is -1.46. The third kappa shape index (κ3) is 4.44. The van der Waals surface area contributed by atoms with Gasteiger partial charge in [-0.25, -0.2) is 14.3 Å². The zero-order valence-corrected chi connectivity index (χ0v) is 12.4. The Labute approximate surface area is 125 Å². The van der Waals surface area contributed by atoms with Gasteiger partial charge in [-0.2, -0.15) is 0 Å². The quantitative estimate of drug-likeness (QED) is 0.851. The van der Waals surface area contributed by atoms with Crippen molar-refractivity contribution in [2.45, 2.75) is 18.2 Å². The smallest absolute Gasteiger partial charge is 0.271 e. The van der Waals surface area contributed by atoms with E-state index in [1.54, 1.807) is 18.3 Å². The lowest BCUT2D eigenvalue weighted by Gasteiger charge is -2.05. The van der Waals surface area contributed by atoms with Crippen LogP contribution in [0.4, 0.5) is 0 Å². The van der Waals surface area contributed by atoms with Gasteiger partial charge in [0.25, 0.3) is 5.91 Å². The van der Waals surface area contributed by atoms with Crippen LogP contribution < -0.4 is 10.5 Å². The SMILES string of the molecule is Cc1cnc(C(=O)NCCc2ccc(S(N)=O)cc2)cn1. The van der Waals surface area contributed by atoms with Crippen LogP contribution in [-0.2, 0) is 17.4 Å². The van der Waals surface area contributed by atoms with Crippen molar-refractivity contribution in [2.75, 3.05) is 6.54 Å². The number of carbonyl (C=O) groups is 1. The van der Waals surface area contributed by atoms with Crippen molar-refractivity contribution in [3.63, 3.8) is 0 Å². The molecule has 1 atom stereocenters. The van der Waals surface area contributed by atoms with E-state index in [0.29, 0.717) is 23.6 Å². The number of nitrogens with zero attached hydrogens (tertiary/aromatic N) is 2. The molecule has 0 aliphatic carbocycles. The average molecular weight is 304 g/mol. The van der Waals surface area contributed by atoms with Crippen LogP contribution in [0.5, 0.6) is 0 Å². The molecular weight excluding hydrogens is 288 g/mol. The molecule has 0 bridgehead atoms. The van der Waals surface area contributed by atoms with Crippen LogP contribution in [0.2, 0.25) is 0 Å². The number of aromatic nitrogens is 2. The minimum absolute atomic E-state index is 0.248. The van der Waals surface area contributed by atoms with Crippen molar-refractivity contribution >= 4 is 16.9 Å². The van der Waals surface area contributed by atoms with Gasteiger partial charge in [-0.05, 0) is 31.0 Å². The standard InChI is InChI=1S/C14H16N4O2S/c1-10-8-18-13(9-17-10)14(19)16-7-6-11-2-4-12(5-3-11)21(15)20/h2-5,8-9H,6-7,15H2,1H3,(H,16,19). The molecule has 0 aliphatic heterocycles. The monoisotopic (exact) mass is 304 g/mol. The van der Waals surface area contributed by atoms with Crippen LogP contribution in [0, 0.1) is 6.92 Å². The second-order valence-electron chi connectivity index (χ2n) is 4.49. The maximum Gasteiger partial charge on any atom is 0.271 e. The second kappa shape index (κ2) is 7.05. The topological polar surface area (TPSA) is 98.0 Å². The summed E-state index contributed by atoms with van der Waals surface area (Å²) in [6.45, 7) is 2.30. The van der Waals surface area contributed by atoms with E-state index in [1.807, 2.05) is 19.1 Å². The molecule has 0 fully saturated rings. The highest BCUT2D eigenvalue weighted by molar-refractivity contribution is 7.82. The molecule has 2 aromatic rings. The minimum Gasteiger partial charge on any atom is -0.350 e. The molecule has 21 heavy (non-hydrogen) atoms. The first-order chi connectivity index (χ1) is 10.1. The second-order valence-corrected chi connectivity index (χ2v) is 5.56. The highest BCUT2D eigenvalue weighted by Gasteiger charge is 2.06. The maximum atomic E-state index is 11.8. The third-order valence-corrected chi connectivity index (χ3v) is 3.61. The number of carbonyl (C=O) groups excluding carboxylic acids is 1. The summed E-state index contributed by atoms with van der Waals surface area (Å²) < 4.78 is 11.1. The lowest BCUT2D eigenvalue weighted by Crippen LogP contribution is -2.26. The fraction of sp³-hybridized carbons (Fsp3) is 0.214. The molecule has 3 N–H and O–H groups in total. The van der Waals surface area contributed by atoms with Gasteiger partial charge in [0.2, 0.25) is 0 Å². The number of nitrogens with two attached hydrogens (primary N) is 1. The zero-order chi connectivity index (χ0) is 15.2. The van der Waals surface area contributed by atoms with E-state index in [-0.39, 0.29) is 5.91 Å². The fourth-order valence-corrected chi connectivity index (χ4v) is 2.12. The third-order valence-electron chi connectivity index (χ3n) is 2.87. The van der Waals surface area contributed by atoms with Crippen molar-refractivity contribution in [2.24, 2.45) is 5.14 Å². The van der Waals surface area contributed by atoms with Gasteiger partial charge in [0.05, 0.1) is 16.8 Å². The summed E-state index contributed by atoms with van der Waals surface area (Å²) in [6.07, 6.45) is 3.68. The first-order valence-electron chi connectivity index (χ1n) is 6.38. The number of nitrogens with one attached hydrogen (secondary N) is 1. The molecule has 7 heteroatoms. The number of hydrogen-bond donors (Lipinski definition) is 2. The summed E-state index contributed by atoms with van der Waals surface area (Å²) in [4.78, 5) is 20.4. The Kier molecular flexibility index (Phi) is 5.13. The van der Waals surface area contributed by atoms with Crippen LogP contribution in [0.15, 0.2) is 41.6 Å². The van der Waals surface area contributed by atoms with E-state index in [0.717, 1.165) is 11.3 Å². The average Bonchev–Trinajstić information content (AvgIpc) is 2.48. The van der Waals surface area contributed by atoms with E-state index in [4.69, 9.17) is 5.14 Å². The molecule has 0 saturated heterocycles. The lowest BCUT2D eigenvalue weighted by molar-refractivity contribution is 0.0948. The van der Waals surface area contributed by atoms with Crippen molar-refractivity contribution in [3.05, 3.63) is 53.6 Å². The van der Waals surface area contributed by atoms with Gasteiger partial charge in [-0.3, -0.25) is 9.78 Å². The van der Waals surface area contributed by atoms with Crippen LogP contribution >= 0.6 is 0 Å². The van der Waals surface area contributed by atoms with E-state index < -0.39 is 11.0 Å². The van der Waals surface area contributed by atoms with Crippen LogP contribution in [0.25, 0.3) is 0 Å². The molecule has 1 aromatic carbocycles. The number of benzene rings is 1. The molecule has 110 valence electrons. The van der Waals surface area contributed by atoms with Gasteiger partial charge in [0.15, 0.2) is 0 Å². The molecule has 1 heterocycles. The van der Waals surface area contributed by atoms with E-state index >= 15 is 0 Å². The molecule has 0 saturated carbocycles. The summed E-state index contributed by atoms with van der Waals surface area (Å²) in [5.74, 6) is -0.248. The predicted molar refractivity (Wildman–Crippen MR) is 79.8 cm³/mol. The summed E-state index contributed by atoms with van der Waals surface area (Å²) in [7, 11) is -1.46. The molecule has 1 amide bonds. The normalized spacial score (nSPS) is 11.9. The van der Waals surface area contributed by atoms with Crippen LogP contribution in [-0.4, -0.2) is 26.6 Å². The fourth-order valence-electron chi connectivity index (χ4n) is 1.71. The van der Waals surface area contributed by atoms with Gasteiger partial charge in [-0.1, -0.05) is 12.1 Å². The van der Waals surface area contributed by atoms with Gasteiger partial charge in [-0.15, -0.1) is 0 Å². The summed E-state index contributed by atoms with van der Waals surface area (Å²) in [6, 6.07) is 7.13. The lowest BCUT2D eigenvalue weighted by atomic mass is 10.1.